The maximum atomic E-state index is 12.5. The molecule has 0 atom stereocenters. The average molecular weight is 464 g/mol. The zero-order valence-corrected chi connectivity index (χ0v) is 19.6. The van der Waals surface area contributed by atoms with E-state index < -0.39 is 11.5 Å². The number of amides is 2. The van der Waals surface area contributed by atoms with Gasteiger partial charge in [-0.15, -0.1) is 0 Å². The fraction of sp³-hybridized carbons (Fsp3) is 0.269. The zero-order chi connectivity index (χ0) is 24.5. The van der Waals surface area contributed by atoms with Crippen molar-refractivity contribution in [1.82, 2.24) is 10.6 Å². The molecule has 3 aromatic rings. The van der Waals surface area contributed by atoms with E-state index in [1.165, 1.54) is 12.1 Å². The molecule has 1 heterocycles. The van der Waals surface area contributed by atoms with Crippen molar-refractivity contribution in [1.29, 1.82) is 0 Å². The Morgan fingerprint density at radius 1 is 1.00 bits per heavy atom. The third-order valence-electron chi connectivity index (χ3n) is 5.35. The largest absolute Gasteiger partial charge is 0.497 e. The summed E-state index contributed by atoms with van der Waals surface area (Å²) in [5.74, 6) is -0.104. The Morgan fingerprint density at radius 3 is 2.38 bits per heavy atom. The first-order valence-corrected chi connectivity index (χ1v) is 11.2. The summed E-state index contributed by atoms with van der Waals surface area (Å²) in [7, 11) is 1.59. The van der Waals surface area contributed by atoms with Gasteiger partial charge in [0.05, 0.1) is 7.11 Å². The summed E-state index contributed by atoms with van der Waals surface area (Å²) in [6, 6.07) is 14.4. The average Bonchev–Trinajstić information content (AvgIpc) is 2.85. The van der Waals surface area contributed by atoms with Gasteiger partial charge in [-0.2, -0.15) is 0 Å². The van der Waals surface area contributed by atoms with Crippen LogP contribution in [0.25, 0.3) is 17.0 Å². The van der Waals surface area contributed by atoms with Crippen LogP contribution in [0.3, 0.4) is 0 Å². The highest BCUT2D eigenvalue weighted by atomic mass is 16.5. The highest BCUT2D eigenvalue weighted by Crippen LogP contribution is 2.22. The van der Waals surface area contributed by atoms with Crippen molar-refractivity contribution in [3.63, 3.8) is 0 Å². The minimum Gasteiger partial charge on any atom is -0.497 e. The number of carbonyl (C=O) groups excluding carboxylic acids is 2. The summed E-state index contributed by atoms with van der Waals surface area (Å²) in [5.41, 5.74) is 1.47. The van der Waals surface area contributed by atoms with Gasteiger partial charge in [0.2, 0.25) is 5.91 Å². The number of fused-ring (bicyclic) bond motifs is 1. The standard InChI is InChI=1S/C26H29N3O5/c1-4-29(5-2)20-10-9-19-16-22(26(32)34-23(19)17-20)25(31)28-15-14-27-24(30)13-8-18-6-11-21(33-3)12-7-18/h6-13,16-17H,4-5,14-15H2,1-3H3,(H,27,30)(H,28,31)/b13-8+. The third-order valence-corrected chi connectivity index (χ3v) is 5.35. The first-order chi connectivity index (χ1) is 16.4. The van der Waals surface area contributed by atoms with Gasteiger partial charge in [-0.3, -0.25) is 9.59 Å². The van der Waals surface area contributed by atoms with Gasteiger partial charge in [-0.25, -0.2) is 4.79 Å². The summed E-state index contributed by atoms with van der Waals surface area (Å²) >= 11 is 0. The number of ether oxygens (including phenoxy) is 1. The predicted octanol–water partition coefficient (Wildman–Crippen LogP) is 3.21. The molecule has 178 valence electrons. The van der Waals surface area contributed by atoms with Crippen LogP contribution in [-0.4, -0.2) is 45.1 Å². The van der Waals surface area contributed by atoms with Crippen molar-refractivity contribution in [2.75, 3.05) is 38.2 Å². The topological polar surface area (TPSA) is 101 Å². The lowest BCUT2D eigenvalue weighted by Crippen LogP contribution is -2.35. The summed E-state index contributed by atoms with van der Waals surface area (Å²) in [5, 5.41) is 5.98. The molecule has 2 N–H and O–H groups in total. The van der Waals surface area contributed by atoms with Gasteiger partial charge in [0, 0.05) is 49.4 Å². The van der Waals surface area contributed by atoms with Crippen molar-refractivity contribution in [3.8, 4) is 5.75 Å². The SMILES string of the molecule is CCN(CC)c1ccc2cc(C(=O)NCCNC(=O)/C=C/c3ccc(OC)cc3)c(=O)oc2c1. The van der Waals surface area contributed by atoms with Crippen molar-refractivity contribution in [2.45, 2.75) is 13.8 Å². The van der Waals surface area contributed by atoms with Crippen LogP contribution in [-0.2, 0) is 4.79 Å². The minimum absolute atomic E-state index is 0.0752. The van der Waals surface area contributed by atoms with Gasteiger partial charge in [-0.1, -0.05) is 12.1 Å². The van der Waals surface area contributed by atoms with Gasteiger partial charge in [-0.05, 0) is 55.8 Å². The molecule has 1 aromatic heterocycles. The van der Waals surface area contributed by atoms with Gasteiger partial charge in [0.1, 0.15) is 16.9 Å². The summed E-state index contributed by atoms with van der Waals surface area (Å²) in [6.45, 7) is 6.15. The Hall–Kier alpha value is -4.07. The highest BCUT2D eigenvalue weighted by molar-refractivity contribution is 5.97. The van der Waals surface area contributed by atoms with Gasteiger partial charge >= 0.3 is 5.63 Å². The van der Waals surface area contributed by atoms with E-state index in [2.05, 4.69) is 29.4 Å². The molecule has 0 aliphatic carbocycles. The van der Waals surface area contributed by atoms with Crippen molar-refractivity contribution >= 4 is 34.5 Å². The first kappa shape index (κ1) is 24.6. The Kier molecular flexibility index (Phi) is 8.45. The lowest BCUT2D eigenvalue weighted by atomic mass is 10.1. The molecular weight excluding hydrogens is 434 g/mol. The van der Waals surface area contributed by atoms with Crippen LogP contribution >= 0.6 is 0 Å². The number of carbonyl (C=O) groups is 2. The molecule has 0 saturated carbocycles. The Balaban J connectivity index is 1.53. The lowest BCUT2D eigenvalue weighted by molar-refractivity contribution is -0.116. The molecule has 0 aliphatic rings. The summed E-state index contributed by atoms with van der Waals surface area (Å²) in [6.07, 6.45) is 3.09. The van der Waals surface area contributed by atoms with E-state index in [0.717, 1.165) is 30.1 Å². The van der Waals surface area contributed by atoms with E-state index >= 15 is 0 Å². The molecule has 8 heteroatoms. The number of rotatable bonds is 10. The maximum Gasteiger partial charge on any atom is 0.349 e. The van der Waals surface area contributed by atoms with Crippen LogP contribution in [0, 0.1) is 0 Å². The minimum atomic E-state index is -0.701. The molecule has 2 aromatic carbocycles. The van der Waals surface area contributed by atoms with E-state index in [-0.39, 0.29) is 24.6 Å². The number of hydrogen-bond donors (Lipinski definition) is 2. The molecule has 34 heavy (non-hydrogen) atoms. The Bertz CT molecular complexity index is 1230. The second kappa shape index (κ2) is 11.7. The Labute approximate surface area is 198 Å². The fourth-order valence-corrected chi connectivity index (χ4v) is 3.45. The quantitative estimate of drug-likeness (QED) is 0.272. The summed E-state index contributed by atoms with van der Waals surface area (Å²) in [4.78, 5) is 38.9. The maximum absolute atomic E-state index is 12.5. The molecule has 0 radical (unpaired) electrons. The van der Waals surface area contributed by atoms with Crippen LogP contribution in [0.5, 0.6) is 5.75 Å². The molecule has 0 unspecified atom stereocenters. The normalized spacial score (nSPS) is 10.9. The molecule has 0 bridgehead atoms. The number of nitrogens with zero attached hydrogens (tertiary/aromatic N) is 1. The van der Waals surface area contributed by atoms with Crippen LogP contribution in [0.4, 0.5) is 5.69 Å². The van der Waals surface area contributed by atoms with E-state index in [4.69, 9.17) is 9.15 Å². The number of anilines is 1. The number of nitrogens with one attached hydrogen (secondary N) is 2. The molecule has 0 saturated heterocycles. The predicted molar refractivity (Wildman–Crippen MR) is 133 cm³/mol. The van der Waals surface area contributed by atoms with Crippen molar-refractivity contribution in [2.24, 2.45) is 0 Å². The first-order valence-electron chi connectivity index (χ1n) is 11.2. The van der Waals surface area contributed by atoms with Crippen LogP contribution in [0.15, 0.2) is 63.8 Å². The molecule has 8 nitrogen and oxygen atoms in total. The van der Waals surface area contributed by atoms with E-state index in [1.807, 2.05) is 24.3 Å². The van der Waals surface area contributed by atoms with E-state index in [9.17, 15) is 14.4 Å². The number of methoxy groups -OCH3 is 1. The van der Waals surface area contributed by atoms with E-state index in [0.29, 0.717) is 11.0 Å². The highest BCUT2D eigenvalue weighted by Gasteiger charge is 2.14. The number of benzene rings is 2. The van der Waals surface area contributed by atoms with Crippen LogP contribution in [0.2, 0.25) is 0 Å². The molecule has 0 aliphatic heterocycles. The van der Waals surface area contributed by atoms with Gasteiger partial charge in [0.15, 0.2) is 0 Å². The summed E-state index contributed by atoms with van der Waals surface area (Å²) < 4.78 is 10.5. The molecular formula is C26H29N3O5. The molecule has 0 fully saturated rings. The molecule has 3 rings (SSSR count). The van der Waals surface area contributed by atoms with Crippen LogP contribution in [0.1, 0.15) is 29.8 Å². The van der Waals surface area contributed by atoms with Crippen LogP contribution < -0.4 is 25.9 Å². The zero-order valence-electron chi connectivity index (χ0n) is 19.6. The van der Waals surface area contributed by atoms with Crippen molar-refractivity contribution in [3.05, 3.63) is 76.2 Å². The van der Waals surface area contributed by atoms with E-state index in [1.54, 1.807) is 31.4 Å². The fourth-order valence-electron chi connectivity index (χ4n) is 3.45. The lowest BCUT2D eigenvalue weighted by Gasteiger charge is -2.21. The van der Waals surface area contributed by atoms with Gasteiger partial charge in [0.25, 0.3) is 5.91 Å². The number of hydrogen-bond acceptors (Lipinski definition) is 6. The Morgan fingerprint density at radius 2 is 1.71 bits per heavy atom. The third kappa shape index (κ3) is 6.25. The molecule has 2 amide bonds. The monoisotopic (exact) mass is 463 g/mol. The second-order valence-corrected chi connectivity index (χ2v) is 7.50. The van der Waals surface area contributed by atoms with Gasteiger partial charge < -0.3 is 24.7 Å². The second-order valence-electron chi connectivity index (χ2n) is 7.50. The van der Waals surface area contributed by atoms with Crippen molar-refractivity contribution < 1.29 is 18.7 Å². The smallest absolute Gasteiger partial charge is 0.349 e. The molecule has 0 spiro atoms.